The molecule has 0 atom stereocenters. The molecular formula is C17H22N6O. The van der Waals surface area contributed by atoms with Gasteiger partial charge in [0.25, 0.3) is 5.91 Å². The molecule has 1 amide bonds. The van der Waals surface area contributed by atoms with Gasteiger partial charge >= 0.3 is 0 Å². The summed E-state index contributed by atoms with van der Waals surface area (Å²) in [6, 6.07) is 5.61. The lowest BCUT2D eigenvalue weighted by Crippen LogP contribution is -2.37. The molecule has 1 N–H and O–H groups in total. The first-order valence-electron chi connectivity index (χ1n) is 8.11. The summed E-state index contributed by atoms with van der Waals surface area (Å²) in [7, 11) is 3.78. The summed E-state index contributed by atoms with van der Waals surface area (Å²) in [6.45, 7) is 3.99. The second-order valence-corrected chi connectivity index (χ2v) is 5.98. The molecule has 0 saturated heterocycles. The molecule has 1 aliphatic heterocycles. The summed E-state index contributed by atoms with van der Waals surface area (Å²) in [5.41, 5.74) is 2.65. The first-order valence-corrected chi connectivity index (χ1v) is 8.11. The number of anilines is 2. The first-order chi connectivity index (χ1) is 11.6. The van der Waals surface area contributed by atoms with Crippen LogP contribution in [0, 0.1) is 0 Å². The molecule has 7 heteroatoms. The molecule has 1 aliphatic rings. The van der Waals surface area contributed by atoms with Crippen LogP contribution in [0.15, 0.2) is 24.4 Å². The fraction of sp³-hybridized carbons (Fsp3) is 0.412. The number of hydrogen-bond donors (Lipinski definition) is 1. The normalized spacial score (nSPS) is 13.4. The van der Waals surface area contributed by atoms with E-state index in [0.717, 1.165) is 30.0 Å². The number of aromatic nitrogens is 3. The van der Waals surface area contributed by atoms with Gasteiger partial charge in [-0.15, -0.1) is 5.10 Å². The number of carbonyl (C=O) groups excluding carboxylic acids is 1. The fourth-order valence-electron chi connectivity index (χ4n) is 2.86. The van der Waals surface area contributed by atoms with Gasteiger partial charge in [-0.2, -0.15) is 5.10 Å². The lowest BCUT2D eigenvalue weighted by atomic mass is 10.1. The number of rotatable bonds is 4. The average Bonchev–Trinajstić information content (AvgIpc) is 2.60. The molecule has 0 aliphatic carbocycles. The topological polar surface area (TPSA) is 74.2 Å². The van der Waals surface area contributed by atoms with Crippen LogP contribution in [0.5, 0.6) is 0 Å². The Morgan fingerprint density at radius 2 is 2.21 bits per heavy atom. The molecule has 0 saturated carbocycles. The Kier molecular flexibility index (Phi) is 4.59. The second kappa shape index (κ2) is 6.82. The van der Waals surface area contributed by atoms with Gasteiger partial charge in [0, 0.05) is 46.3 Å². The van der Waals surface area contributed by atoms with Crippen LogP contribution in [0.3, 0.4) is 0 Å². The molecule has 126 valence electrons. The summed E-state index contributed by atoms with van der Waals surface area (Å²) in [5.74, 6) is 1.44. The maximum Gasteiger partial charge on any atom is 0.257 e. The Morgan fingerprint density at radius 3 is 2.96 bits per heavy atom. The van der Waals surface area contributed by atoms with Crippen molar-refractivity contribution in [2.24, 2.45) is 0 Å². The molecule has 0 unspecified atom stereocenters. The van der Waals surface area contributed by atoms with E-state index in [1.54, 1.807) is 12.3 Å². The number of fused-ring (bicyclic) bond motifs is 1. The van der Waals surface area contributed by atoms with Crippen molar-refractivity contribution < 1.29 is 4.79 Å². The van der Waals surface area contributed by atoms with Gasteiger partial charge in [0.15, 0.2) is 0 Å². The third-order valence-electron chi connectivity index (χ3n) is 4.03. The van der Waals surface area contributed by atoms with Crippen LogP contribution in [-0.2, 0) is 13.0 Å². The van der Waals surface area contributed by atoms with Crippen LogP contribution in [0.4, 0.5) is 11.6 Å². The molecule has 3 heterocycles. The zero-order valence-corrected chi connectivity index (χ0v) is 14.3. The van der Waals surface area contributed by atoms with Crippen LogP contribution in [0.1, 0.15) is 28.5 Å². The van der Waals surface area contributed by atoms with Crippen LogP contribution in [-0.4, -0.2) is 53.2 Å². The van der Waals surface area contributed by atoms with Crippen LogP contribution in [0.25, 0.3) is 0 Å². The summed E-state index contributed by atoms with van der Waals surface area (Å²) in [5, 5.41) is 11.6. The molecular weight excluding hydrogens is 304 g/mol. The Hall–Kier alpha value is -2.70. The molecule has 0 radical (unpaired) electrons. The summed E-state index contributed by atoms with van der Waals surface area (Å²) < 4.78 is 0. The standard InChI is InChI=1S/C17H22N6O/c1-4-18-15-10-12-11-23(9-7-14(12)20-21-15)17(24)13-6-5-8-19-16(13)22(2)3/h5-6,8,10H,4,7,9,11H2,1-3H3,(H,18,21). The van der Waals surface area contributed by atoms with Gasteiger partial charge in [-0.05, 0) is 30.7 Å². The van der Waals surface area contributed by atoms with E-state index in [1.165, 1.54) is 0 Å². The highest BCUT2D eigenvalue weighted by Crippen LogP contribution is 2.23. The molecule has 0 spiro atoms. The lowest BCUT2D eigenvalue weighted by molar-refractivity contribution is 0.0733. The number of nitrogens with zero attached hydrogens (tertiary/aromatic N) is 5. The minimum absolute atomic E-state index is 0.000682. The predicted molar refractivity (Wildman–Crippen MR) is 93.2 cm³/mol. The highest BCUT2D eigenvalue weighted by atomic mass is 16.2. The largest absolute Gasteiger partial charge is 0.369 e. The van der Waals surface area contributed by atoms with Gasteiger partial charge in [-0.25, -0.2) is 4.98 Å². The van der Waals surface area contributed by atoms with Crippen molar-refractivity contribution in [3.05, 3.63) is 41.2 Å². The van der Waals surface area contributed by atoms with Gasteiger partial charge in [0.2, 0.25) is 0 Å². The van der Waals surface area contributed by atoms with E-state index < -0.39 is 0 Å². The Bertz CT molecular complexity index is 746. The SMILES string of the molecule is CCNc1cc2c(nn1)CCN(C(=O)c1cccnc1N(C)C)C2. The van der Waals surface area contributed by atoms with E-state index in [-0.39, 0.29) is 5.91 Å². The van der Waals surface area contributed by atoms with Crippen molar-refractivity contribution in [2.75, 3.05) is 37.4 Å². The van der Waals surface area contributed by atoms with E-state index in [0.29, 0.717) is 24.5 Å². The maximum atomic E-state index is 13.0. The maximum absolute atomic E-state index is 13.0. The smallest absolute Gasteiger partial charge is 0.257 e. The number of pyridine rings is 1. The molecule has 0 bridgehead atoms. The first kappa shape index (κ1) is 16.2. The van der Waals surface area contributed by atoms with Crippen molar-refractivity contribution in [1.29, 1.82) is 0 Å². The Balaban J connectivity index is 1.85. The second-order valence-electron chi connectivity index (χ2n) is 5.98. The van der Waals surface area contributed by atoms with E-state index >= 15 is 0 Å². The summed E-state index contributed by atoms with van der Waals surface area (Å²) in [6.07, 6.45) is 2.42. The van der Waals surface area contributed by atoms with Crippen LogP contribution >= 0.6 is 0 Å². The zero-order chi connectivity index (χ0) is 17.1. The van der Waals surface area contributed by atoms with Crippen molar-refractivity contribution in [1.82, 2.24) is 20.1 Å². The van der Waals surface area contributed by atoms with Gasteiger partial charge in [-0.3, -0.25) is 4.79 Å². The van der Waals surface area contributed by atoms with E-state index in [9.17, 15) is 4.79 Å². The minimum Gasteiger partial charge on any atom is -0.369 e. The quantitative estimate of drug-likeness (QED) is 0.919. The van der Waals surface area contributed by atoms with Gasteiger partial charge in [0.1, 0.15) is 11.6 Å². The van der Waals surface area contributed by atoms with E-state index in [4.69, 9.17) is 0 Å². The molecule has 2 aromatic heterocycles. The molecule has 7 nitrogen and oxygen atoms in total. The Labute approximate surface area is 141 Å². The van der Waals surface area contributed by atoms with Crippen molar-refractivity contribution in [3.63, 3.8) is 0 Å². The van der Waals surface area contributed by atoms with Gasteiger partial charge in [0.05, 0.1) is 11.3 Å². The number of nitrogens with one attached hydrogen (secondary N) is 1. The third-order valence-corrected chi connectivity index (χ3v) is 4.03. The highest BCUT2D eigenvalue weighted by Gasteiger charge is 2.25. The van der Waals surface area contributed by atoms with Crippen molar-refractivity contribution in [3.8, 4) is 0 Å². The van der Waals surface area contributed by atoms with Gasteiger partial charge < -0.3 is 15.1 Å². The zero-order valence-electron chi connectivity index (χ0n) is 14.3. The molecule has 3 rings (SSSR count). The fourth-order valence-corrected chi connectivity index (χ4v) is 2.86. The number of carbonyl (C=O) groups is 1. The van der Waals surface area contributed by atoms with E-state index in [1.807, 2.05) is 43.0 Å². The van der Waals surface area contributed by atoms with Crippen LogP contribution in [0.2, 0.25) is 0 Å². The lowest BCUT2D eigenvalue weighted by Gasteiger charge is -2.29. The number of hydrogen-bond acceptors (Lipinski definition) is 6. The molecule has 0 fully saturated rings. The number of amides is 1. The monoisotopic (exact) mass is 326 g/mol. The average molecular weight is 326 g/mol. The van der Waals surface area contributed by atoms with Crippen molar-refractivity contribution in [2.45, 2.75) is 19.9 Å². The molecule has 24 heavy (non-hydrogen) atoms. The Morgan fingerprint density at radius 1 is 1.38 bits per heavy atom. The van der Waals surface area contributed by atoms with Gasteiger partial charge in [-0.1, -0.05) is 0 Å². The predicted octanol–water partition coefficient (Wildman–Crippen LogP) is 1.57. The minimum atomic E-state index is -0.000682. The summed E-state index contributed by atoms with van der Waals surface area (Å²) >= 11 is 0. The summed E-state index contributed by atoms with van der Waals surface area (Å²) in [4.78, 5) is 21.0. The molecule has 2 aromatic rings. The molecule has 0 aromatic carbocycles. The van der Waals surface area contributed by atoms with E-state index in [2.05, 4.69) is 20.5 Å². The van der Waals surface area contributed by atoms with Crippen LogP contribution < -0.4 is 10.2 Å². The highest BCUT2D eigenvalue weighted by molar-refractivity contribution is 5.98. The third kappa shape index (κ3) is 3.15. The van der Waals surface area contributed by atoms with Crippen molar-refractivity contribution >= 4 is 17.5 Å².